The molecule has 1 fully saturated rings. The Morgan fingerprint density at radius 2 is 2.48 bits per heavy atom. The summed E-state index contributed by atoms with van der Waals surface area (Å²) >= 11 is 0. The summed E-state index contributed by atoms with van der Waals surface area (Å²) in [5.74, 6) is 0.641. The number of hydrogen-bond donors (Lipinski definition) is 0. The molecule has 1 aromatic heterocycles. The number of rotatable bonds is 6. The standard InChI is InChI=1S/C14H17N3O4/c1-3-4-21-17-12-7-16(14(17)18)10(8-19-2)5-11(12)13-6-15-9-20-13/h3,5-6,9-10,12H,1,4,7-8H2,2H3/t10-,12-/m0/s1. The van der Waals surface area contributed by atoms with Crippen LogP contribution >= 0.6 is 0 Å². The average molecular weight is 291 g/mol. The highest BCUT2D eigenvalue weighted by Crippen LogP contribution is 2.35. The third-order valence-corrected chi connectivity index (χ3v) is 3.60. The summed E-state index contributed by atoms with van der Waals surface area (Å²) in [4.78, 5) is 23.6. The maximum Gasteiger partial charge on any atom is 0.345 e. The number of hydroxylamine groups is 2. The fourth-order valence-corrected chi connectivity index (χ4v) is 2.70. The van der Waals surface area contributed by atoms with Crippen LogP contribution in [0, 0.1) is 0 Å². The molecule has 2 bridgehead atoms. The van der Waals surface area contributed by atoms with Crippen molar-refractivity contribution >= 4 is 11.6 Å². The van der Waals surface area contributed by atoms with Crippen LogP contribution in [0.2, 0.25) is 0 Å². The second-order valence-corrected chi connectivity index (χ2v) is 4.87. The van der Waals surface area contributed by atoms with E-state index in [-0.39, 0.29) is 24.7 Å². The van der Waals surface area contributed by atoms with Gasteiger partial charge in [-0.3, -0.25) is 4.84 Å². The summed E-state index contributed by atoms with van der Waals surface area (Å²) in [5, 5.41) is 1.38. The van der Waals surface area contributed by atoms with E-state index in [9.17, 15) is 4.79 Å². The number of nitrogens with zero attached hydrogens (tertiary/aromatic N) is 3. The molecule has 0 N–H and O–H groups in total. The van der Waals surface area contributed by atoms with Gasteiger partial charge in [0.05, 0.1) is 32.0 Å². The summed E-state index contributed by atoms with van der Waals surface area (Å²) in [5.41, 5.74) is 0.890. The van der Waals surface area contributed by atoms with Crippen LogP contribution in [-0.4, -0.2) is 59.9 Å². The highest BCUT2D eigenvalue weighted by atomic mass is 16.7. The Hall–Kier alpha value is -2.12. The van der Waals surface area contributed by atoms with Crippen molar-refractivity contribution in [3.8, 4) is 0 Å². The molecule has 1 saturated heterocycles. The van der Waals surface area contributed by atoms with E-state index in [1.165, 1.54) is 11.5 Å². The number of amides is 2. The van der Waals surface area contributed by atoms with Crippen molar-refractivity contribution in [2.24, 2.45) is 0 Å². The topological polar surface area (TPSA) is 68.0 Å². The molecule has 0 unspecified atom stereocenters. The normalized spacial score (nSPS) is 24.4. The van der Waals surface area contributed by atoms with E-state index in [1.807, 2.05) is 6.08 Å². The van der Waals surface area contributed by atoms with E-state index in [0.29, 0.717) is 18.9 Å². The fourth-order valence-electron chi connectivity index (χ4n) is 2.70. The predicted molar refractivity (Wildman–Crippen MR) is 74.0 cm³/mol. The van der Waals surface area contributed by atoms with Crippen molar-refractivity contribution in [2.45, 2.75) is 12.1 Å². The van der Waals surface area contributed by atoms with Crippen molar-refractivity contribution in [2.75, 3.05) is 26.9 Å². The number of carbonyl (C=O) groups is 1. The zero-order valence-corrected chi connectivity index (χ0v) is 11.8. The van der Waals surface area contributed by atoms with Gasteiger partial charge in [-0.2, -0.15) is 5.06 Å². The van der Waals surface area contributed by atoms with E-state index in [4.69, 9.17) is 14.0 Å². The predicted octanol–water partition coefficient (Wildman–Crippen LogP) is 1.31. The number of hydrogen-bond acceptors (Lipinski definition) is 5. The number of aromatic nitrogens is 1. The smallest absolute Gasteiger partial charge is 0.345 e. The van der Waals surface area contributed by atoms with Crippen LogP contribution in [0.25, 0.3) is 5.57 Å². The van der Waals surface area contributed by atoms with Crippen molar-refractivity contribution < 1.29 is 18.8 Å². The molecule has 2 aliphatic heterocycles. The zero-order valence-electron chi connectivity index (χ0n) is 11.8. The number of ether oxygens (including phenoxy) is 1. The first-order valence-corrected chi connectivity index (χ1v) is 6.69. The van der Waals surface area contributed by atoms with Gasteiger partial charge in [0.15, 0.2) is 12.2 Å². The van der Waals surface area contributed by atoms with Crippen molar-refractivity contribution in [1.82, 2.24) is 14.9 Å². The highest BCUT2D eigenvalue weighted by Gasteiger charge is 2.47. The molecule has 0 aliphatic carbocycles. The molecule has 0 radical (unpaired) electrons. The molecule has 0 saturated carbocycles. The van der Waals surface area contributed by atoms with Crippen LogP contribution < -0.4 is 0 Å². The Bertz CT molecular complexity index is 555. The van der Waals surface area contributed by atoms with Gasteiger partial charge in [0.1, 0.15) is 6.04 Å². The Labute approximate surface area is 122 Å². The summed E-state index contributed by atoms with van der Waals surface area (Å²) in [6.45, 7) is 4.84. The molecule has 1 aromatic rings. The van der Waals surface area contributed by atoms with E-state index >= 15 is 0 Å². The van der Waals surface area contributed by atoms with Gasteiger partial charge in [-0.15, -0.1) is 6.58 Å². The Balaban J connectivity index is 1.93. The van der Waals surface area contributed by atoms with Crippen LogP contribution in [-0.2, 0) is 9.57 Å². The fraction of sp³-hybridized carbons (Fsp3) is 0.429. The number of methoxy groups -OCH3 is 1. The van der Waals surface area contributed by atoms with E-state index in [2.05, 4.69) is 11.6 Å². The Kier molecular flexibility index (Phi) is 3.76. The third-order valence-electron chi connectivity index (χ3n) is 3.60. The van der Waals surface area contributed by atoms with E-state index in [1.54, 1.807) is 24.3 Å². The number of urea groups is 1. The minimum Gasteiger partial charge on any atom is -0.444 e. The number of fused-ring (bicyclic) bond motifs is 2. The van der Waals surface area contributed by atoms with Gasteiger partial charge >= 0.3 is 6.03 Å². The molecule has 21 heavy (non-hydrogen) atoms. The number of carbonyl (C=O) groups excluding carboxylic acids is 1. The van der Waals surface area contributed by atoms with Crippen molar-refractivity contribution in [3.63, 3.8) is 0 Å². The molecule has 7 nitrogen and oxygen atoms in total. The molecule has 0 aromatic carbocycles. The van der Waals surface area contributed by atoms with E-state index < -0.39 is 0 Å². The van der Waals surface area contributed by atoms with Crippen LogP contribution in [0.15, 0.2) is 35.7 Å². The molecule has 112 valence electrons. The first kappa shape index (κ1) is 13.8. The molecule has 7 heteroatoms. The molecular weight excluding hydrogens is 274 g/mol. The summed E-state index contributed by atoms with van der Waals surface area (Å²) in [7, 11) is 1.61. The summed E-state index contributed by atoms with van der Waals surface area (Å²) in [6, 6.07) is -0.524. The second-order valence-electron chi connectivity index (χ2n) is 4.87. The lowest BCUT2D eigenvalue weighted by atomic mass is 9.98. The van der Waals surface area contributed by atoms with Crippen LogP contribution in [0.1, 0.15) is 5.76 Å². The average Bonchev–Trinajstić information content (AvgIpc) is 3.10. The maximum absolute atomic E-state index is 12.5. The minimum atomic E-state index is -0.210. The Morgan fingerprint density at radius 3 is 3.14 bits per heavy atom. The molecule has 2 atom stereocenters. The quantitative estimate of drug-likeness (QED) is 0.739. The van der Waals surface area contributed by atoms with Gasteiger partial charge < -0.3 is 14.1 Å². The number of oxazole rings is 1. The maximum atomic E-state index is 12.5. The lowest BCUT2D eigenvalue weighted by molar-refractivity contribution is -0.106. The SMILES string of the molecule is C=CCON1C(=O)N2C[C@H]1C(c1cnco1)=C[C@H]2COC. The van der Waals surface area contributed by atoms with Gasteiger partial charge in [-0.1, -0.05) is 12.2 Å². The summed E-state index contributed by atoms with van der Waals surface area (Å²) in [6.07, 6.45) is 6.60. The molecule has 3 rings (SSSR count). The monoisotopic (exact) mass is 291 g/mol. The molecule has 2 aliphatic rings. The molecular formula is C14H17N3O4. The van der Waals surface area contributed by atoms with E-state index in [0.717, 1.165) is 5.57 Å². The molecule has 2 amide bonds. The van der Waals surface area contributed by atoms with Crippen LogP contribution in [0.5, 0.6) is 0 Å². The lowest BCUT2D eigenvalue weighted by Crippen LogP contribution is -2.41. The van der Waals surface area contributed by atoms with Crippen LogP contribution in [0.4, 0.5) is 4.79 Å². The van der Waals surface area contributed by atoms with Gasteiger partial charge in [-0.05, 0) is 0 Å². The van der Waals surface area contributed by atoms with Gasteiger partial charge in [0.25, 0.3) is 0 Å². The lowest BCUT2D eigenvalue weighted by Gasteiger charge is -2.28. The molecule has 0 spiro atoms. The highest BCUT2D eigenvalue weighted by molar-refractivity contribution is 5.84. The van der Waals surface area contributed by atoms with Gasteiger partial charge in [0, 0.05) is 12.7 Å². The van der Waals surface area contributed by atoms with Crippen molar-refractivity contribution in [3.05, 3.63) is 37.1 Å². The summed E-state index contributed by atoms with van der Waals surface area (Å²) < 4.78 is 10.6. The second kappa shape index (κ2) is 5.71. The first-order chi connectivity index (χ1) is 10.3. The molecule has 3 heterocycles. The van der Waals surface area contributed by atoms with Gasteiger partial charge in [0.2, 0.25) is 0 Å². The third kappa shape index (κ3) is 2.34. The van der Waals surface area contributed by atoms with Gasteiger partial charge in [-0.25, -0.2) is 9.78 Å². The zero-order chi connectivity index (χ0) is 14.8. The minimum absolute atomic E-state index is 0.142. The van der Waals surface area contributed by atoms with Crippen LogP contribution in [0.3, 0.4) is 0 Å². The largest absolute Gasteiger partial charge is 0.444 e. The Morgan fingerprint density at radius 1 is 1.62 bits per heavy atom. The van der Waals surface area contributed by atoms with Crippen molar-refractivity contribution in [1.29, 1.82) is 0 Å². The first-order valence-electron chi connectivity index (χ1n) is 6.69.